The van der Waals surface area contributed by atoms with E-state index in [4.69, 9.17) is 0 Å². The number of unbranched alkanes of at least 4 members (excludes halogenated alkanes) is 2. The van der Waals surface area contributed by atoms with Gasteiger partial charge in [-0.1, -0.05) is 62.6 Å². The van der Waals surface area contributed by atoms with Crippen LogP contribution in [0.2, 0.25) is 0 Å². The number of hydrogen-bond acceptors (Lipinski definition) is 1. The topological polar surface area (TPSA) is 17.1 Å². The summed E-state index contributed by atoms with van der Waals surface area (Å²) in [5.41, 5.74) is 1.09. The third-order valence-corrected chi connectivity index (χ3v) is 3.57. The molecule has 0 fully saturated rings. The molecule has 0 N–H and O–H groups in total. The summed E-state index contributed by atoms with van der Waals surface area (Å²) >= 11 is 0. The number of allylic oxidation sites excluding steroid dienone is 1. The molecule has 0 heterocycles. The van der Waals surface area contributed by atoms with Gasteiger partial charge in [-0.25, -0.2) is 0 Å². The van der Waals surface area contributed by atoms with Gasteiger partial charge in [0, 0.05) is 0 Å². The van der Waals surface area contributed by atoms with Gasteiger partial charge in [0.1, 0.15) is 0 Å². The predicted molar refractivity (Wildman–Crippen MR) is 91.0 cm³/mol. The van der Waals surface area contributed by atoms with Crippen LogP contribution in [0.4, 0.5) is 0 Å². The highest BCUT2D eigenvalue weighted by molar-refractivity contribution is 5.95. The molecule has 0 aliphatic heterocycles. The van der Waals surface area contributed by atoms with Crippen LogP contribution in [0.25, 0.3) is 6.08 Å². The summed E-state index contributed by atoms with van der Waals surface area (Å²) in [4.78, 5) is 12.5. The van der Waals surface area contributed by atoms with Gasteiger partial charge in [-0.15, -0.1) is 0 Å². The fourth-order valence-corrected chi connectivity index (χ4v) is 2.50. The van der Waals surface area contributed by atoms with E-state index in [0.29, 0.717) is 0 Å². The molecule has 0 saturated carbocycles. The second-order valence-electron chi connectivity index (χ2n) is 6.81. The molecule has 0 spiro atoms. The number of nitrogens with zero attached hydrogens (tertiary/aromatic N) is 1. The van der Waals surface area contributed by atoms with Crippen molar-refractivity contribution in [2.24, 2.45) is 5.92 Å². The Balaban J connectivity index is 0.00000441. The molecule has 1 rings (SSSR count). The average molecular weight is 415 g/mol. The van der Waals surface area contributed by atoms with E-state index in [2.05, 4.69) is 28.1 Å². The maximum Gasteiger partial charge on any atom is 0.164 e. The van der Waals surface area contributed by atoms with E-state index in [0.717, 1.165) is 29.4 Å². The van der Waals surface area contributed by atoms with Gasteiger partial charge in [0.2, 0.25) is 0 Å². The van der Waals surface area contributed by atoms with Crippen LogP contribution in [0.3, 0.4) is 0 Å². The summed E-state index contributed by atoms with van der Waals surface area (Å²) in [5, 5.41) is 0. The fourth-order valence-electron chi connectivity index (χ4n) is 2.50. The smallest absolute Gasteiger partial charge is 0.164 e. The van der Waals surface area contributed by atoms with Crippen molar-refractivity contribution in [2.75, 3.05) is 27.7 Å². The van der Waals surface area contributed by atoms with E-state index in [1.54, 1.807) is 6.08 Å². The number of hydrogen-bond donors (Lipinski definition) is 0. The lowest BCUT2D eigenvalue weighted by Crippen LogP contribution is -3.00. The maximum atomic E-state index is 12.5. The summed E-state index contributed by atoms with van der Waals surface area (Å²) in [6.07, 6.45) is 8.26. The standard InChI is InChI=1S/C19H30NO.HI/c1-5-6-8-13-18(16-20(2,3)4)19(21)15-14-17-11-9-7-10-12-17;/h7,9-12,14-15,18H,5-6,8,13,16H2,1-4H3;1H/q+1;/p-1/b15-14+;. The highest BCUT2D eigenvalue weighted by Gasteiger charge is 2.22. The van der Waals surface area contributed by atoms with Gasteiger partial charge in [0.05, 0.1) is 33.6 Å². The van der Waals surface area contributed by atoms with Crippen LogP contribution in [0.1, 0.15) is 38.2 Å². The number of quaternary nitrogens is 1. The SMILES string of the molecule is CCCCCC(C[N+](C)(C)C)C(=O)/C=C/c1ccccc1.[I-]. The van der Waals surface area contributed by atoms with Crippen molar-refractivity contribution >= 4 is 11.9 Å². The minimum atomic E-state index is 0. The second-order valence-corrected chi connectivity index (χ2v) is 6.81. The maximum absolute atomic E-state index is 12.5. The molecule has 0 saturated heterocycles. The number of halogens is 1. The highest BCUT2D eigenvalue weighted by atomic mass is 127. The zero-order chi connectivity index (χ0) is 15.7. The molecule has 0 aliphatic carbocycles. The van der Waals surface area contributed by atoms with E-state index in [1.807, 2.05) is 36.4 Å². The zero-order valence-electron chi connectivity index (χ0n) is 14.4. The Bertz CT molecular complexity index is 448. The van der Waals surface area contributed by atoms with E-state index >= 15 is 0 Å². The van der Waals surface area contributed by atoms with Gasteiger partial charge < -0.3 is 28.5 Å². The lowest BCUT2D eigenvalue weighted by atomic mass is 9.95. The first-order valence-electron chi connectivity index (χ1n) is 8.00. The Kier molecular flexibility index (Phi) is 10.6. The molecule has 1 aromatic rings. The van der Waals surface area contributed by atoms with Gasteiger partial charge in [-0.3, -0.25) is 4.79 Å². The summed E-state index contributed by atoms with van der Waals surface area (Å²) in [7, 11) is 6.46. The molecular formula is C19H30INO. The monoisotopic (exact) mass is 415 g/mol. The molecule has 0 radical (unpaired) electrons. The minimum absolute atomic E-state index is 0. The zero-order valence-corrected chi connectivity index (χ0v) is 16.5. The van der Waals surface area contributed by atoms with E-state index in [-0.39, 0.29) is 35.7 Å². The molecule has 0 bridgehead atoms. The van der Waals surface area contributed by atoms with Crippen molar-refractivity contribution in [1.82, 2.24) is 0 Å². The van der Waals surface area contributed by atoms with Crippen LogP contribution in [0.15, 0.2) is 36.4 Å². The fraction of sp³-hybridized carbons (Fsp3) is 0.526. The van der Waals surface area contributed by atoms with Crippen molar-refractivity contribution in [1.29, 1.82) is 0 Å². The molecule has 3 heteroatoms. The van der Waals surface area contributed by atoms with Crippen molar-refractivity contribution < 1.29 is 33.3 Å². The first-order chi connectivity index (χ1) is 9.92. The summed E-state index contributed by atoms with van der Waals surface area (Å²) in [6, 6.07) is 10.0. The average Bonchev–Trinajstić information content (AvgIpc) is 2.44. The van der Waals surface area contributed by atoms with Crippen LogP contribution in [0, 0.1) is 5.92 Å². The molecule has 1 aromatic carbocycles. The van der Waals surface area contributed by atoms with Gasteiger partial charge >= 0.3 is 0 Å². The third-order valence-electron chi connectivity index (χ3n) is 3.57. The summed E-state index contributed by atoms with van der Waals surface area (Å²) in [6.45, 7) is 3.10. The Labute approximate surface area is 153 Å². The number of benzene rings is 1. The quantitative estimate of drug-likeness (QED) is 0.256. The molecule has 0 amide bonds. The van der Waals surface area contributed by atoms with Crippen molar-refractivity contribution in [2.45, 2.75) is 32.6 Å². The van der Waals surface area contributed by atoms with Gasteiger partial charge in [0.15, 0.2) is 5.78 Å². The molecule has 22 heavy (non-hydrogen) atoms. The van der Waals surface area contributed by atoms with Crippen molar-refractivity contribution in [3.63, 3.8) is 0 Å². The highest BCUT2D eigenvalue weighted by Crippen LogP contribution is 2.16. The summed E-state index contributed by atoms with van der Waals surface area (Å²) < 4.78 is 0.835. The molecule has 1 atom stereocenters. The first-order valence-corrected chi connectivity index (χ1v) is 8.00. The van der Waals surface area contributed by atoms with E-state index in [9.17, 15) is 4.79 Å². The lowest BCUT2D eigenvalue weighted by Gasteiger charge is -2.28. The predicted octanol–water partition coefficient (Wildman–Crippen LogP) is 1.18. The largest absolute Gasteiger partial charge is 1.00 e. The van der Waals surface area contributed by atoms with Gasteiger partial charge in [-0.2, -0.15) is 0 Å². The first kappa shape index (κ1) is 21.3. The lowest BCUT2D eigenvalue weighted by molar-refractivity contribution is -0.872. The van der Waals surface area contributed by atoms with Crippen LogP contribution >= 0.6 is 0 Å². The Morgan fingerprint density at radius 3 is 2.32 bits per heavy atom. The normalized spacial score (nSPS) is 12.9. The van der Waals surface area contributed by atoms with Gasteiger partial charge in [0.25, 0.3) is 0 Å². The van der Waals surface area contributed by atoms with Crippen LogP contribution in [0.5, 0.6) is 0 Å². The molecule has 0 aliphatic rings. The van der Waals surface area contributed by atoms with Gasteiger partial charge in [-0.05, 0) is 18.1 Å². The third kappa shape index (κ3) is 9.36. The molecule has 0 aromatic heterocycles. The Morgan fingerprint density at radius 1 is 1.14 bits per heavy atom. The minimum Gasteiger partial charge on any atom is -1.00 e. The van der Waals surface area contributed by atoms with E-state index in [1.165, 1.54) is 12.8 Å². The van der Waals surface area contributed by atoms with Crippen molar-refractivity contribution in [3.05, 3.63) is 42.0 Å². The molecular weight excluding hydrogens is 385 g/mol. The van der Waals surface area contributed by atoms with Crippen molar-refractivity contribution in [3.8, 4) is 0 Å². The number of rotatable bonds is 9. The van der Waals surface area contributed by atoms with Crippen LogP contribution in [-0.4, -0.2) is 38.0 Å². The number of carbonyl (C=O) groups excluding carboxylic acids is 1. The molecule has 2 nitrogen and oxygen atoms in total. The Hall–Kier alpha value is -0.680. The number of ketones is 1. The Morgan fingerprint density at radius 2 is 1.77 bits per heavy atom. The molecule has 1 unspecified atom stereocenters. The number of carbonyl (C=O) groups is 1. The molecule has 124 valence electrons. The second kappa shape index (κ2) is 10.9. The van der Waals surface area contributed by atoms with Crippen LogP contribution < -0.4 is 24.0 Å². The summed E-state index contributed by atoms with van der Waals surface area (Å²) in [5.74, 6) is 0.402. The van der Waals surface area contributed by atoms with E-state index < -0.39 is 0 Å². The van der Waals surface area contributed by atoms with Crippen LogP contribution in [-0.2, 0) is 4.79 Å².